The number of aryl methyl sites for hydroxylation is 6. The smallest absolute Gasteiger partial charge is 0.114 e. The quantitative estimate of drug-likeness (QED) is 0.172. The Kier molecular flexibility index (Phi) is 11.7. The van der Waals surface area contributed by atoms with Crippen molar-refractivity contribution in [3.63, 3.8) is 0 Å². The largest absolute Gasteiger partial charge is 0.325 e. The van der Waals surface area contributed by atoms with Gasteiger partial charge in [-0.2, -0.15) is 0 Å². The van der Waals surface area contributed by atoms with Crippen LogP contribution in [0.5, 0.6) is 0 Å². The van der Waals surface area contributed by atoms with Crippen LogP contribution in [0, 0.1) is 47.0 Å². The maximum absolute atomic E-state index is 8.39. The molecule has 0 spiro atoms. The van der Waals surface area contributed by atoms with Gasteiger partial charge in [0.15, 0.2) is 0 Å². The summed E-state index contributed by atoms with van der Waals surface area (Å²) in [6.45, 7) is 22.2. The zero-order valence-corrected chi connectivity index (χ0v) is 35.0. The van der Waals surface area contributed by atoms with Gasteiger partial charge in [0.25, 0.3) is 0 Å². The topological polar surface area (TPSA) is 6.48 Å². The van der Waals surface area contributed by atoms with Crippen LogP contribution < -0.4 is 9.80 Å². The van der Waals surface area contributed by atoms with Crippen molar-refractivity contribution in [1.29, 1.82) is 0 Å². The zero-order valence-electron chi connectivity index (χ0n) is 32.6. The van der Waals surface area contributed by atoms with E-state index >= 15 is 0 Å². The minimum Gasteiger partial charge on any atom is -0.325 e. The van der Waals surface area contributed by atoms with E-state index in [1.807, 2.05) is 0 Å². The van der Waals surface area contributed by atoms with Crippen LogP contribution in [0.2, 0.25) is 0 Å². The molecule has 2 unspecified atom stereocenters. The normalized spacial score (nSPS) is 24.4. The molecular formula is C45H63Cl2N2P. The van der Waals surface area contributed by atoms with Crippen molar-refractivity contribution < 1.29 is 0 Å². The second-order valence-electron chi connectivity index (χ2n) is 17.3. The van der Waals surface area contributed by atoms with Gasteiger partial charge in [0.05, 0.1) is 9.99 Å². The van der Waals surface area contributed by atoms with Crippen LogP contribution in [0.3, 0.4) is 0 Å². The summed E-state index contributed by atoms with van der Waals surface area (Å²) in [5.41, 5.74) is 18.5. The van der Waals surface area contributed by atoms with Crippen molar-refractivity contribution in [2.45, 2.75) is 161 Å². The molecule has 4 fully saturated rings. The maximum atomic E-state index is 8.39. The van der Waals surface area contributed by atoms with Crippen LogP contribution in [0.1, 0.15) is 131 Å². The number of rotatable bonds is 5. The number of hydrogen-bond donors (Lipinski definition) is 0. The van der Waals surface area contributed by atoms with Crippen LogP contribution in [0.4, 0.5) is 11.4 Å². The molecule has 3 saturated carbocycles. The van der Waals surface area contributed by atoms with Gasteiger partial charge in [-0.05, 0) is 131 Å². The molecule has 50 heavy (non-hydrogen) atoms. The molecule has 3 aliphatic carbocycles. The first-order chi connectivity index (χ1) is 23.7. The van der Waals surface area contributed by atoms with Crippen molar-refractivity contribution in [2.75, 3.05) is 22.9 Å². The fourth-order valence-electron chi connectivity index (χ4n) is 10.0. The molecule has 0 amide bonds. The van der Waals surface area contributed by atoms with Crippen LogP contribution >= 0.6 is 31.1 Å². The first-order valence-corrected chi connectivity index (χ1v) is 22.0. The first kappa shape index (κ1) is 38.0. The maximum Gasteiger partial charge on any atom is 0.114 e. The molecule has 0 bridgehead atoms. The third-order valence-corrected chi connectivity index (χ3v) is 17.2. The molecule has 2 nitrogen and oxygen atoms in total. The molecule has 1 heterocycles. The average Bonchev–Trinajstić information content (AvgIpc) is 3.44. The van der Waals surface area contributed by atoms with E-state index in [0.29, 0.717) is 0 Å². The Hall–Kier alpha value is -1.69. The van der Waals surface area contributed by atoms with Gasteiger partial charge in [0.1, 0.15) is 5.82 Å². The van der Waals surface area contributed by atoms with Crippen molar-refractivity contribution in [3.05, 3.63) is 86.4 Å². The van der Waals surface area contributed by atoms with Crippen molar-refractivity contribution in [2.24, 2.45) is 5.41 Å². The second kappa shape index (κ2) is 15.3. The molecule has 5 heteroatoms. The van der Waals surface area contributed by atoms with E-state index in [2.05, 4.69) is 108 Å². The van der Waals surface area contributed by atoms with E-state index in [4.69, 9.17) is 23.2 Å². The number of nitrogens with zero attached hydrogens (tertiary/aromatic N) is 2. The third-order valence-electron chi connectivity index (χ3n) is 11.9. The lowest BCUT2D eigenvalue weighted by Crippen LogP contribution is -2.41. The van der Waals surface area contributed by atoms with Gasteiger partial charge >= 0.3 is 0 Å². The SMILES string of the molecule is Cc1cc(C)c(N2CCN(c3c(C)cc(C)cc3C)C2=C2CCC(Cl)(P(C3CCCCC3)C3CCCCC3)C(=C=CC(C)(C)C)C2Cl)c(C)c1. The van der Waals surface area contributed by atoms with E-state index < -0.39 is 12.5 Å². The number of halogens is 2. The summed E-state index contributed by atoms with van der Waals surface area (Å²) in [6.07, 6.45) is 17.7. The average molecular weight is 734 g/mol. The lowest BCUT2D eigenvalue weighted by molar-refractivity contribution is 0.476. The Bertz CT molecular complexity index is 1530. The summed E-state index contributed by atoms with van der Waals surface area (Å²) in [5, 5.41) is -0.299. The highest BCUT2D eigenvalue weighted by Crippen LogP contribution is 2.71. The summed E-state index contributed by atoms with van der Waals surface area (Å²) >= 11 is 16.5. The number of benzene rings is 2. The fourth-order valence-corrected chi connectivity index (χ4v) is 16.1. The lowest BCUT2D eigenvalue weighted by Gasteiger charge is -2.51. The molecule has 2 atom stereocenters. The molecule has 6 rings (SSSR count). The Balaban J connectivity index is 1.56. The summed E-state index contributed by atoms with van der Waals surface area (Å²) < 4.78 is -0.419. The molecule has 1 aliphatic heterocycles. The van der Waals surface area contributed by atoms with E-state index in [9.17, 15) is 0 Å². The van der Waals surface area contributed by atoms with E-state index in [1.54, 1.807) is 0 Å². The number of allylic oxidation sites excluding steroid dienone is 2. The Morgan fingerprint density at radius 2 is 1.14 bits per heavy atom. The van der Waals surface area contributed by atoms with Crippen molar-refractivity contribution >= 4 is 42.5 Å². The van der Waals surface area contributed by atoms with Crippen molar-refractivity contribution in [1.82, 2.24) is 0 Å². The van der Waals surface area contributed by atoms with Crippen LogP contribution in [0.25, 0.3) is 0 Å². The molecule has 1 saturated heterocycles. The van der Waals surface area contributed by atoms with Gasteiger partial charge in [0, 0.05) is 30.0 Å². The van der Waals surface area contributed by atoms with Gasteiger partial charge in [-0.15, -0.1) is 28.9 Å². The van der Waals surface area contributed by atoms with Crippen LogP contribution in [-0.4, -0.2) is 34.4 Å². The summed E-state index contributed by atoms with van der Waals surface area (Å²) in [7, 11) is -0.468. The Morgan fingerprint density at radius 1 is 0.720 bits per heavy atom. The Labute approximate surface area is 316 Å². The highest BCUT2D eigenvalue weighted by Gasteiger charge is 2.53. The number of alkyl halides is 2. The van der Waals surface area contributed by atoms with E-state index in [1.165, 1.54) is 126 Å². The van der Waals surface area contributed by atoms with Crippen LogP contribution in [-0.2, 0) is 0 Å². The molecule has 2 aromatic rings. The zero-order chi connectivity index (χ0) is 36.0. The summed E-state index contributed by atoms with van der Waals surface area (Å²) in [4.78, 5) is 5.23. The minimum atomic E-state index is -0.468. The summed E-state index contributed by atoms with van der Waals surface area (Å²) in [5.74, 6) is 1.28. The second-order valence-corrected chi connectivity index (χ2v) is 21.7. The summed E-state index contributed by atoms with van der Waals surface area (Å²) in [6, 6.07) is 9.38. The van der Waals surface area contributed by atoms with Gasteiger partial charge in [0.2, 0.25) is 0 Å². The molecular weight excluding hydrogens is 670 g/mol. The molecule has 272 valence electrons. The van der Waals surface area contributed by atoms with Crippen molar-refractivity contribution in [3.8, 4) is 0 Å². The molecule has 0 aromatic heterocycles. The number of hydrogen-bond acceptors (Lipinski definition) is 2. The molecule has 4 aliphatic rings. The van der Waals surface area contributed by atoms with Gasteiger partial charge < -0.3 is 9.80 Å². The highest BCUT2D eigenvalue weighted by atomic mass is 35.5. The fraction of sp³-hybridized carbons (Fsp3) is 0.622. The predicted octanol–water partition coefficient (Wildman–Crippen LogP) is 13.7. The van der Waals surface area contributed by atoms with Gasteiger partial charge in [-0.25, -0.2) is 0 Å². The van der Waals surface area contributed by atoms with E-state index in [0.717, 1.165) is 37.2 Å². The predicted molar refractivity (Wildman–Crippen MR) is 222 cm³/mol. The monoisotopic (exact) mass is 732 g/mol. The van der Waals surface area contributed by atoms with Crippen LogP contribution in [0.15, 0.2) is 53.0 Å². The number of anilines is 2. The van der Waals surface area contributed by atoms with E-state index in [-0.39, 0.29) is 10.8 Å². The molecule has 2 aromatic carbocycles. The highest BCUT2D eigenvalue weighted by molar-refractivity contribution is 7.63. The van der Waals surface area contributed by atoms with Gasteiger partial charge in [-0.3, -0.25) is 0 Å². The minimum absolute atomic E-state index is 0.0116. The Morgan fingerprint density at radius 3 is 1.54 bits per heavy atom. The molecule has 0 N–H and O–H groups in total. The first-order valence-electron chi connectivity index (χ1n) is 19.7. The third kappa shape index (κ3) is 7.67. The van der Waals surface area contributed by atoms with Gasteiger partial charge in [-0.1, -0.05) is 103 Å². The molecule has 0 radical (unpaired) electrons. The lowest BCUT2D eigenvalue weighted by atomic mass is 9.87. The standard InChI is InChI=1S/C45H63Cl2N2P/c1-30-26-32(3)41(33(4)27-30)48-24-25-49(42-34(5)28-31(2)29-35(42)6)43(48)38-20-23-45(47,39(40(38)46)21-22-44(7,8)9)50(36-16-12-10-13-17-36)37-18-14-11-15-19-37/h22,26-29,36-37,40H,10-20,23-25H2,1-9H3.